The highest BCUT2D eigenvalue weighted by Crippen LogP contribution is 2.29. The summed E-state index contributed by atoms with van der Waals surface area (Å²) >= 11 is 0. The Balaban J connectivity index is 2.01. The van der Waals surface area contributed by atoms with Crippen LogP contribution in [0.5, 0.6) is 0 Å². The Morgan fingerprint density at radius 1 is 1.44 bits per heavy atom. The summed E-state index contributed by atoms with van der Waals surface area (Å²) in [5, 5.41) is 6.05. The van der Waals surface area contributed by atoms with Crippen molar-refractivity contribution in [1.82, 2.24) is 10.6 Å². The Morgan fingerprint density at radius 2 is 2.22 bits per heavy atom. The van der Waals surface area contributed by atoms with Gasteiger partial charge in [-0.3, -0.25) is 0 Å². The molecule has 2 atom stereocenters. The lowest BCUT2D eigenvalue weighted by molar-refractivity contribution is 0.232. The molecule has 1 aliphatic rings. The minimum absolute atomic E-state index is 0.0500. The molecular formula is C15H22N2O. The zero-order valence-electron chi connectivity index (χ0n) is 11.2. The molecule has 1 aliphatic carbocycles. The van der Waals surface area contributed by atoms with Crippen molar-refractivity contribution in [2.45, 2.75) is 51.6 Å². The molecule has 18 heavy (non-hydrogen) atoms. The molecule has 0 saturated heterocycles. The standard InChI is InChI=1S/C15H22N2O/c1-3-11(2)16-15(18)17-14-10-6-8-12-7-4-5-9-13(12)14/h4-5,7,9,11,14H,3,6,8,10H2,1-2H3,(H2,16,17,18)/t11-,14-/m0/s1. The van der Waals surface area contributed by atoms with Crippen LogP contribution in [-0.4, -0.2) is 12.1 Å². The van der Waals surface area contributed by atoms with Crippen LogP contribution in [0.15, 0.2) is 24.3 Å². The molecule has 0 aromatic heterocycles. The average Bonchev–Trinajstić information content (AvgIpc) is 2.39. The zero-order valence-corrected chi connectivity index (χ0v) is 11.2. The number of fused-ring (bicyclic) bond motifs is 1. The number of hydrogen-bond acceptors (Lipinski definition) is 1. The zero-order chi connectivity index (χ0) is 13.0. The van der Waals surface area contributed by atoms with Crippen LogP contribution in [0, 0.1) is 0 Å². The second kappa shape index (κ2) is 5.89. The van der Waals surface area contributed by atoms with Crippen LogP contribution in [-0.2, 0) is 6.42 Å². The lowest BCUT2D eigenvalue weighted by Crippen LogP contribution is -2.42. The lowest BCUT2D eigenvalue weighted by atomic mass is 9.88. The van der Waals surface area contributed by atoms with Gasteiger partial charge in [0.2, 0.25) is 0 Å². The third-order valence-corrected chi connectivity index (χ3v) is 3.66. The van der Waals surface area contributed by atoms with E-state index in [-0.39, 0.29) is 18.1 Å². The van der Waals surface area contributed by atoms with Crippen molar-refractivity contribution in [3.8, 4) is 0 Å². The summed E-state index contributed by atoms with van der Waals surface area (Å²) in [6.07, 6.45) is 4.26. The second-order valence-corrected chi connectivity index (χ2v) is 5.07. The third kappa shape index (κ3) is 3.03. The van der Waals surface area contributed by atoms with Gasteiger partial charge >= 0.3 is 6.03 Å². The highest BCUT2D eigenvalue weighted by molar-refractivity contribution is 5.74. The van der Waals surface area contributed by atoms with Gasteiger partial charge < -0.3 is 10.6 Å². The van der Waals surface area contributed by atoms with E-state index in [2.05, 4.69) is 35.8 Å². The Labute approximate surface area is 109 Å². The normalized spacial score (nSPS) is 19.8. The van der Waals surface area contributed by atoms with Crippen molar-refractivity contribution in [2.75, 3.05) is 0 Å². The molecule has 2 N–H and O–H groups in total. The maximum Gasteiger partial charge on any atom is 0.315 e. The molecule has 0 radical (unpaired) electrons. The Morgan fingerprint density at radius 3 is 3.00 bits per heavy atom. The first-order chi connectivity index (χ1) is 8.70. The van der Waals surface area contributed by atoms with Crippen LogP contribution in [0.3, 0.4) is 0 Å². The van der Waals surface area contributed by atoms with Gasteiger partial charge in [0.15, 0.2) is 0 Å². The largest absolute Gasteiger partial charge is 0.336 e. The topological polar surface area (TPSA) is 41.1 Å². The summed E-state index contributed by atoms with van der Waals surface area (Å²) in [7, 11) is 0. The van der Waals surface area contributed by atoms with E-state index in [1.807, 2.05) is 13.0 Å². The summed E-state index contributed by atoms with van der Waals surface area (Å²) in [4.78, 5) is 11.9. The molecule has 0 bridgehead atoms. The predicted octanol–water partition coefficient (Wildman–Crippen LogP) is 3.16. The molecule has 98 valence electrons. The van der Waals surface area contributed by atoms with Gasteiger partial charge in [-0.1, -0.05) is 31.2 Å². The van der Waals surface area contributed by atoms with Crippen LogP contribution >= 0.6 is 0 Å². The third-order valence-electron chi connectivity index (χ3n) is 3.66. The lowest BCUT2D eigenvalue weighted by Gasteiger charge is -2.27. The first-order valence-electron chi connectivity index (χ1n) is 6.85. The molecule has 1 aromatic carbocycles. The van der Waals surface area contributed by atoms with E-state index in [1.54, 1.807) is 0 Å². The molecule has 3 nitrogen and oxygen atoms in total. The van der Waals surface area contributed by atoms with Crippen molar-refractivity contribution in [3.05, 3.63) is 35.4 Å². The maximum absolute atomic E-state index is 11.9. The van der Waals surface area contributed by atoms with E-state index in [9.17, 15) is 4.79 Å². The van der Waals surface area contributed by atoms with Crippen LogP contribution in [0.25, 0.3) is 0 Å². The smallest absolute Gasteiger partial charge is 0.315 e. The summed E-state index contributed by atoms with van der Waals surface area (Å²) in [5.41, 5.74) is 2.65. The molecule has 0 heterocycles. The average molecular weight is 246 g/mol. The molecule has 1 aromatic rings. The number of carbonyl (C=O) groups excluding carboxylic acids is 1. The van der Waals surface area contributed by atoms with E-state index >= 15 is 0 Å². The van der Waals surface area contributed by atoms with Crippen LogP contribution in [0.4, 0.5) is 4.79 Å². The highest BCUT2D eigenvalue weighted by atomic mass is 16.2. The molecule has 3 heteroatoms. The van der Waals surface area contributed by atoms with Gasteiger partial charge in [-0.15, -0.1) is 0 Å². The van der Waals surface area contributed by atoms with E-state index in [4.69, 9.17) is 0 Å². The van der Waals surface area contributed by atoms with Gasteiger partial charge in [-0.05, 0) is 43.7 Å². The van der Waals surface area contributed by atoms with Gasteiger partial charge in [0.05, 0.1) is 6.04 Å². The SMILES string of the molecule is CC[C@H](C)NC(=O)N[C@H]1CCCc2ccccc21. The summed E-state index contributed by atoms with van der Waals surface area (Å²) < 4.78 is 0. The van der Waals surface area contributed by atoms with Crippen LogP contribution < -0.4 is 10.6 Å². The predicted molar refractivity (Wildman–Crippen MR) is 73.5 cm³/mol. The van der Waals surface area contributed by atoms with Crippen LogP contribution in [0.2, 0.25) is 0 Å². The van der Waals surface area contributed by atoms with E-state index in [0.717, 1.165) is 25.7 Å². The number of benzene rings is 1. The highest BCUT2D eigenvalue weighted by Gasteiger charge is 2.21. The number of amides is 2. The fourth-order valence-electron chi connectivity index (χ4n) is 2.43. The minimum Gasteiger partial charge on any atom is -0.336 e. The number of carbonyl (C=O) groups is 1. The molecule has 2 amide bonds. The Kier molecular flexibility index (Phi) is 4.24. The number of aryl methyl sites for hydroxylation is 1. The number of nitrogens with one attached hydrogen (secondary N) is 2. The molecule has 2 rings (SSSR count). The van der Waals surface area contributed by atoms with Crippen molar-refractivity contribution >= 4 is 6.03 Å². The second-order valence-electron chi connectivity index (χ2n) is 5.07. The number of urea groups is 1. The first-order valence-corrected chi connectivity index (χ1v) is 6.85. The molecule has 0 fully saturated rings. The molecule has 0 saturated carbocycles. The summed E-state index contributed by atoms with van der Waals surface area (Å²) in [6.45, 7) is 4.09. The number of rotatable bonds is 3. The summed E-state index contributed by atoms with van der Waals surface area (Å²) in [6, 6.07) is 8.75. The quantitative estimate of drug-likeness (QED) is 0.845. The van der Waals surface area contributed by atoms with Gasteiger partial charge in [0.1, 0.15) is 0 Å². The minimum atomic E-state index is -0.0500. The monoisotopic (exact) mass is 246 g/mol. The molecular weight excluding hydrogens is 224 g/mol. The fraction of sp³-hybridized carbons (Fsp3) is 0.533. The van der Waals surface area contributed by atoms with Crippen molar-refractivity contribution in [1.29, 1.82) is 0 Å². The van der Waals surface area contributed by atoms with Gasteiger partial charge in [0.25, 0.3) is 0 Å². The maximum atomic E-state index is 11.9. The van der Waals surface area contributed by atoms with Gasteiger partial charge in [-0.25, -0.2) is 4.79 Å². The first kappa shape index (κ1) is 12.9. The van der Waals surface area contributed by atoms with Crippen molar-refractivity contribution in [2.24, 2.45) is 0 Å². The Bertz CT molecular complexity index is 417. The van der Waals surface area contributed by atoms with Gasteiger partial charge in [-0.2, -0.15) is 0 Å². The summed E-state index contributed by atoms with van der Waals surface area (Å²) in [5.74, 6) is 0. The fourth-order valence-corrected chi connectivity index (χ4v) is 2.43. The molecule has 0 aliphatic heterocycles. The van der Waals surface area contributed by atoms with Crippen molar-refractivity contribution in [3.63, 3.8) is 0 Å². The van der Waals surface area contributed by atoms with Crippen molar-refractivity contribution < 1.29 is 4.79 Å². The Hall–Kier alpha value is -1.51. The van der Waals surface area contributed by atoms with E-state index < -0.39 is 0 Å². The van der Waals surface area contributed by atoms with Gasteiger partial charge in [0, 0.05) is 6.04 Å². The van der Waals surface area contributed by atoms with E-state index in [0.29, 0.717) is 0 Å². The molecule has 0 unspecified atom stereocenters. The van der Waals surface area contributed by atoms with E-state index in [1.165, 1.54) is 11.1 Å². The molecule has 0 spiro atoms. The number of hydrogen-bond donors (Lipinski definition) is 2. The van der Waals surface area contributed by atoms with Crippen LogP contribution in [0.1, 0.15) is 50.3 Å².